The molecule has 1 amide bonds. The molecule has 0 spiro atoms. The third-order valence-electron chi connectivity index (χ3n) is 4.19. The molecule has 128 valence electrons. The van der Waals surface area contributed by atoms with Gasteiger partial charge in [-0.15, -0.1) is 0 Å². The first-order chi connectivity index (χ1) is 11.5. The van der Waals surface area contributed by atoms with E-state index in [2.05, 4.69) is 4.90 Å². The lowest BCUT2D eigenvalue weighted by Gasteiger charge is -2.31. The average molecular weight is 346 g/mol. The molecule has 0 radical (unpaired) electrons. The lowest BCUT2D eigenvalue weighted by Crippen LogP contribution is -2.47. The van der Waals surface area contributed by atoms with Crippen LogP contribution in [0.2, 0.25) is 0 Å². The molecular formula is C18H22N2O3S. The van der Waals surface area contributed by atoms with Gasteiger partial charge >= 0.3 is 0 Å². The molecule has 2 aromatic rings. The summed E-state index contributed by atoms with van der Waals surface area (Å²) in [5.41, 5.74) is 1.08. The van der Waals surface area contributed by atoms with E-state index in [1.165, 1.54) is 0 Å². The van der Waals surface area contributed by atoms with Crippen molar-refractivity contribution in [3.8, 4) is 0 Å². The number of carbonyl (C=O) groups excluding carboxylic acids is 1. The Morgan fingerprint density at radius 3 is 2.62 bits per heavy atom. The summed E-state index contributed by atoms with van der Waals surface area (Å²) in [5, 5.41) is 0. The van der Waals surface area contributed by atoms with Crippen LogP contribution in [0.3, 0.4) is 0 Å². The summed E-state index contributed by atoms with van der Waals surface area (Å²) < 4.78 is 18.1. The molecule has 0 saturated carbocycles. The predicted octanol–water partition coefficient (Wildman–Crippen LogP) is 2.28. The van der Waals surface area contributed by atoms with Crippen molar-refractivity contribution in [3.63, 3.8) is 0 Å². The summed E-state index contributed by atoms with van der Waals surface area (Å²) in [6, 6.07) is 11.1. The van der Waals surface area contributed by atoms with Gasteiger partial charge in [0.15, 0.2) is 5.76 Å². The number of likely N-dealkylation sites (N-methyl/N-ethyl adjacent to an activating group) is 1. The van der Waals surface area contributed by atoms with E-state index >= 15 is 0 Å². The Labute approximate surface area is 144 Å². The molecule has 2 heterocycles. The van der Waals surface area contributed by atoms with Gasteiger partial charge in [0.1, 0.15) is 5.76 Å². The summed E-state index contributed by atoms with van der Waals surface area (Å²) in [6.45, 7) is 5.13. The highest BCUT2D eigenvalue weighted by atomic mass is 32.2. The van der Waals surface area contributed by atoms with Gasteiger partial charge in [0.05, 0.1) is 16.6 Å². The molecule has 0 N–H and O–H groups in total. The Morgan fingerprint density at radius 1 is 1.17 bits per heavy atom. The fourth-order valence-corrected chi connectivity index (χ4v) is 3.83. The van der Waals surface area contributed by atoms with Crippen LogP contribution in [-0.4, -0.2) is 53.1 Å². The lowest BCUT2D eigenvalue weighted by atomic mass is 10.2. The van der Waals surface area contributed by atoms with Crippen LogP contribution in [0.4, 0.5) is 0 Å². The third-order valence-corrected chi connectivity index (χ3v) is 5.52. The first-order valence-corrected chi connectivity index (χ1v) is 9.36. The number of nitrogens with zero attached hydrogens (tertiary/aromatic N) is 2. The quantitative estimate of drug-likeness (QED) is 0.852. The van der Waals surface area contributed by atoms with Gasteiger partial charge in [0.2, 0.25) is 0 Å². The second-order valence-corrected chi connectivity index (χ2v) is 7.62. The van der Waals surface area contributed by atoms with Crippen LogP contribution >= 0.6 is 0 Å². The number of carbonyl (C=O) groups is 1. The minimum atomic E-state index is -1.18. The van der Waals surface area contributed by atoms with Crippen molar-refractivity contribution in [1.29, 1.82) is 0 Å². The zero-order valence-corrected chi connectivity index (χ0v) is 14.8. The van der Waals surface area contributed by atoms with E-state index in [0.29, 0.717) is 24.6 Å². The molecule has 1 aliphatic heterocycles. The number of amides is 1. The van der Waals surface area contributed by atoms with Crippen LogP contribution in [0.5, 0.6) is 0 Å². The van der Waals surface area contributed by atoms with Crippen LogP contribution in [0, 0.1) is 6.92 Å². The smallest absolute Gasteiger partial charge is 0.289 e. The molecule has 0 unspecified atom stereocenters. The largest absolute Gasteiger partial charge is 0.455 e. The van der Waals surface area contributed by atoms with Crippen molar-refractivity contribution in [2.45, 2.75) is 17.6 Å². The summed E-state index contributed by atoms with van der Waals surface area (Å²) in [7, 11) is 0.870. The SMILES string of the molecule is Cc1cccc([S@](=O)Cc2ccc(C(=O)N3CCN(C)CC3)o2)c1. The first-order valence-electron chi connectivity index (χ1n) is 8.04. The number of aryl methyl sites for hydroxylation is 1. The maximum Gasteiger partial charge on any atom is 0.289 e. The Hall–Kier alpha value is -1.92. The summed E-state index contributed by atoms with van der Waals surface area (Å²) in [5.74, 6) is 1.10. The second-order valence-electron chi connectivity index (χ2n) is 6.17. The van der Waals surface area contributed by atoms with E-state index in [0.717, 1.165) is 23.5 Å². The minimum absolute atomic E-state index is 0.0873. The second kappa shape index (κ2) is 7.32. The van der Waals surface area contributed by atoms with Crippen molar-refractivity contribution >= 4 is 16.7 Å². The molecule has 6 heteroatoms. The number of hydrogen-bond donors (Lipinski definition) is 0. The molecule has 1 aliphatic rings. The van der Waals surface area contributed by atoms with E-state index in [4.69, 9.17) is 4.42 Å². The third kappa shape index (κ3) is 3.94. The number of rotatable bonds is 4. The van der Waals surface area contributed by atoms with Crippen molar-refractivity contribution in [1.82, 2.24) is 9.80 Å². The van der Waals surface area contributed by atoms with Gasteiger partial charge in [-0.25, -0.2) is 0 Å². The van der Waals surface area contributed by atoms with Gasteiger partial charge < -0.3 is 14.2 Å². The molecule has 1 saturated heterocycles. The summed E-state index contributed by atoms with van der Waals surface area (Å²) in [4.78, 5) is 17.2. The predicted molar refractivity (Wildman–Crippen MR) is 93.4 cm³/mol. The molecule has 1 aromatic heterocycles. The molecule has 5 nitrogen and oxygen atoms in total. The fourth-order valence-electron chi connectivity index (χ4n) is 2.71. The zero-order valence-electron chi connectivity index (χ0n) is 14.0. The minimum Gasteiger partial charge on any atom is -0.455 e. The van der Waals surface area contributed by atoms with Gasteiger partial charge in [-0.1, -0.05) is 12.1 Å². The zero-order chi connectivity index (χ0) is 17.1. The van der Waals surface area contributed by atoms with Crippen LogP contribution < -0.4 is 0 Å². The van der Waals surface area contributed by atoms with Gasteiger partial charge in [0.25, 0.3) is 5.91 Å². The maximum absolute atomic E-state index is 12.5. The highest BCUT2D eigenvalue weighted by molar-refractivity contribution is 7.84. The average Bonchev–Trinajstić information content (AvgIpc) is 3.03. The topological polar surface area (TPSA) is 53.8 Å². The van der Waals surface area contributed by atoms with E-state index in [1.807, 2.05) is 38.2 Å². The van der Waals surface area contributed by atoms with Crippen molar-refractivity contribution < 1.29 is 13.4 Å². The molecule has 1 fully saturated rings. The van der Waals surface area contributed by atoms with Crippen LogP contribution in [-0.2, 0) is 16.6 Å². The molecule has 0 bridgehead atoms. The molecular weight excluding hydrogens is 324 g/mol. The Balaban J connectivity index is 1.65. The Kier molecular flexibility index (Phi) is 5.16. The number of furan rings is 1. The molecule has 0 aliphatic carbocycles. The Bertz CT molecular complexity index is 748. The van der Waals surface area contributed by atoms with Gasteiger partial charge in [-0.05, 0) is 43.8 Å². The molecule has 3 rings (SSSR count). The normalized spacial score (nSPS) is 17.0. The monoisotopic (exact) mass is 346 g/mol. The van der Waals surface area contributed by atoms with E-state index in [1.54, 1.807) is 17.0 Å². The summed E-state index contributed by atoms with van der Waals surface area (Å²) >= 11 is 0. The number of hydrogen-bond acceptors (Lipinski definition) is 4. The fraction of sp³-hybridized carbons (Fsp3) is 0.389. The highest BCUT2D eigenvalue weighted by Gasteiger charge is 2.23. The van der Waals surface area contributed by atoms with Crippen LogP contribution in [0.1, 0.15) is 21.9 Å². The number of benzene rings is 1. The van der Waals surface area contributed by atoms with Crippen molar-refractivity contribution in [2.75, 3.05) is 33.2 Å². The molecule has 1 atom stereocenters. The van der Waals surface area contributed by atoms with E-state index in [9.17, 15) is 9.00 Å². The van der Waals surface area contributed by atoms with E-state index in [-0.39, 0.29) is 11.7 Å². The molecule has 24 heavy (non-hydrogen) atoms. The highest BCUT2D eigenvalue weighted by Crippen LogP contribution is 2.17. The van der Waals surface area contributed by atoms with Crippen molar-refractivity contribution in [3.05, 3.63) is 53.5 Å². The van der Waals surface area contributed by atoms with Gasteiger partial charge in [0, 0.05) is 31.1 Å². The van der Waals surface area contributed by atoms with E-state index < -0.39 is 10.8 Å². The van der Waals surface area contributed by atoms with Crippen molar-refractivity contribution in [2.24, 2.45) is 0 Å². The summed E-state index contributed by atoms with van der Waals surface area (Å²) in [6.07, 6.45) is 0. The number of piperazine rings is 1. The van der Waals surface area contributed by atoms with Crippen LogP contribution in [0.15, 0.2) is 45.7 Å². The lowest BCUT2D eigenvalue weighted by molar-refractivity contribution is 0.0631. The van der Waals surface area contributed by atoms with Gasteiger partial charge in [-0.2, -0.15) is 0 Å². The maximum atomic E-state index is 12.5. The Morgan fingerprint density at radius 2 is 1.92 bits per heavy atom. The first kappa shape index (κ1) is 16.9. The van der Waals surface area contributed by atoms with Crippen LogP contribution in [0.25, 0.3) is 0 Å². The van der Waals surface area contributed by atoms with Gasteiger partial charge in [-0.3, -0.25) is 9.00 Å². The molecule has 1 aromatic carbocycles. The standard InChI is InChI=1S/C18H22N2O3S/c1-14-4-3-5-16(12-14)24(22)13-15-6-7-17(23-15)18(21)20-10-8-19(2)9-11-20/h3-7,12H,8-11,13H2,1-2H3/t24-/m1/s1.